The lowest BCUT2D eigenvalue weighted by atomic mass is 9.72. The van der Waals surface area contributed by atoms with E-state index in [1.54, 1.807) is 7.11 Å². The van der Waals surface area contributed by atoms with Crippen molar-refractivity contribution >= 4 is 17.6 Å². The van der Waals surface area contributed by atoms with Crippen molar-refractivity contribution in [2.24, 2.45) is 11.8 Å². The first-order valence-electron chi connectivity index (χ1n) is 10.4. The number of nitrogens with one attached hydrogen (secondary N) is 2. The molecule has 3 aliphatic rings. The van der Waals surface area contributed by atoms with Crippen molar-refractivity contribution in [1.82, 2.24) is 20.2 Å². The number of methoxy groups -OCH3 is 1. The van der Waals surface area contributed by atoms with Crippen molar-refractivity contribution in [1.29, 1.82) is 0 Å². The molecule has 29 heavy (non-hydrogen) atoms. The van der Waals surface area contributed by atoms with E-state index in [0.29, 0.717) is 37.7 Å². The van der Waals surface area contributed by atoms with Gasteiger partial charge in [0, 0.05) is 51.7 Å². The van der Waals surface area contributed by atoms with Crippen LogP contribution in [-0.4, -0.2) is 72.1 Å². The number of piperidine rings is 3. The van der Waals surface area contributed by atoms with Crippen LogP contribution in [0.2, 0.25) is 0 Å². The lowest BCUT2D eigenvalue weighted by Gasteiger charge is -2.56. The number of aromatic amines is 1. The third kappa shape index (κ3) is 4.14. The second kappa shape index (κ2) is 8.52. The maximum absolute atomic E-state index is 12.8. The summed E-state index contributed by atoms with van der Waals surface area (Å²) in [6, 6.07) is 1.70. The molecule has 2 amide bonds. The summed E-state index contributed by atoms with van der Waals surface area (Å²) in [5, 5.41) is 3.01. The Balaban J connectivity index is 1.54. The maximum Gasteiger partial charge on any atom is 0.252 e. The number of amides is 2. The number of carbonyl (C=O) groups excluding carboxylic acids is 2. The number of hydrogen-bond acceptors (Lipinski definition) is 6. The number of aromatic nitrogens is 2. The number of anilines is 1. The fraction of sp³-hybridized carbons (Fsp3) is 0.700. The molecule has 1 aromatic rings. The van der Waals surface area contributed by atoms with E-state index in [4.69, 9.17) is 4.74 Å². The fourth-order valence-corrected chi connectivity index (χ4v) is 5.26. The van der Waals surface area contributed by atoms with Gasteiger partial charge in [-0.05, 0) is 31.1 Å². The molecule has 0 spiro atoms. The van der Waals surface area contributed by atoms with Crippen molar-refractivity contribution in [3.8, 4) is 0 Å². The third-order valence-corrected chi connectivity index (χ3v) is 6.53. The van der Waals surface area contributed by atoms with E-state index >= 15 is 0 Å². The van der Waals surface area contributed by atoms with Crippen molar-refractivity contribution in [2.45, 2.75) is 44.2 Å². The molecule has 3 fully saturated rings. The number of H-pyrrole nitrogens is 1. The molecule has 3 saturated heterocycles. The van der Waals surface area contributed by atoms with Crippen molar-refractivity contribution in [3.63, 3.8) is 0 Å². The van der Waals surface area contributed by atoms with Gasteiger partial charge in [-0.15, -0.1) is 0 Å². The highest BCUT2D eigenvalue weighted by Gasteiger charge is 2.49. The number of fused-ring (bicyclic) bond motifs is 4. The van der Waals surface area contributed by atoms with Gasteiger partial charge in [0.05, 0.1) is 19.0 Å². The molecule has 9 nitrogen and oxygen atoms in total. The molecule has 4 rings (SSSR count). The largest absolute Gasteiger partial charge is 0.384 e. The van der Waals surface area contributed by atoms with E-state index in [1.165, 1.54) is 12.4 Å². The number of hydrogen-bond donors (Lipinski definition) is 2. The zero-order valence-electron chi connectivity index (χ0n) is 16.8. The van der Waals surface area contributed by atoms with Gasteiger partial charge in [-0.3, -0.25) is 14.4 Å². The van der Waals surface area contributed by atoms with Gasteiger partial charge in [-0.25, -0.2) is 4.98 Å². The summed E-state index contributed by atoms with van der Waals surface area (Å²) in [7, 11) is 1.57. The predicted octanol–water partition coefficient (Wildman–Crippen LogP) is 0.128. The van der Waals surface area contributed by atoms with E-state index < -0.39 is 0 Å². The Kier molecular flexibility index (Phi) is 5.84. The van der Waals surface area contributed by atoms with Crippen LogP contribution in [0.4, 0.5) is 5.82 Å². The predicted molar refractivity (Wildman–Crippen MR) is 106 cm³/mol. The topological polar surface area (TPSA) is 108 Å². The van der Waals surface area contributed by atoms with Gasteiger partial charge in [0.1, 0.15) is 5.82 Å². The third-order valence-electron chi connectivity index (χ3n) is 6.53. The normalized spacial score (nSPS) is 28.8. The monoisotopic (exact) mass is 403 g/mol. The summed E-state index contributed by atoms with van der Waals surface area (Å²) in [6.45, 7) is 2.37. The summed E-state index contributed by atoms with van der Waals surface area (Å²) < 4.78 is 4.98. The van der Waals surface area contributed by atoms with Gasteiger partial charge in [0.25, 0.3) is 5.56 Å². The zero-order valence-corrected chi connectivity index (χ0v) is 16.8. The van der Waals surface area contributed by atoms with E-state index in [9.17, 15) is 14.4 Å². The highest BCUT2D eigenvalue weighted by atomic mass is 16.5. The van der Waals surface area contributed by atoms with Gasteiger partial charge >= 0.3 is 0 Å². The second-order valence-corrected chi connectivity index (χ2v) is 8.30. The highest BCUT2D eigenvalue weighted by Crippen LogP contribution is 2.42. The van der Waals surface area contributed by atoms with E-state index in [2.05, 4.69) is 25.1 Å². The van der Waals surface area contributed by atoms with Gasteiger partial charge < -0.3 is 24.8 Å². The summed E-state index contributed by atoms with van der Waals surface area (Å²) in [4.78, 5) is 47.8. The molecular weight excluding hydrogens is 374 g/mol. The Morgan fingerprint density at radius 1 is 1.34 bits per heavy atom. The molecule has 0 aromatic carbocycles. The number of ether oxygens (including phenoxy) is 1. The summed E-state index contributed by atoms with van der Waals surface area (Å²) >= 11 is 0. The molecule has 3 aliphatic heterocycles. The molecule has 0 saturated carbocycles. The number of rotatable bonds is 6. The fourth-order valence-electron chi connectivity index (χ4n) is 5.26. The molecule has 158 valence electrons. The quantitative estimate of drug-likeness (QED) is 0.699. The Morgan fingerprint density at radius 3 is 2.97 bits per heavy atom. The van der Waals surface area contributed by atoms with Crippen LogP contribution in [0.1, 0.15) is 32.1 Å². The number of carbonyl (C=O) groups is 2. The van der Waals surface area contributed by atoms with Crippen LogP contribution in [0, 0.1) is 11.8 Å². The summed E-state index contributed by atoms with van der Waals surface area (Å²) in [6.07, 6.45) is 5.28. The van der Waals surface area contributed by atoms with Gasteiger partial charge in [0.15, 0.2) is 0 Å². The average molecular weight is 403 g/mol. The van der Waals surface area contributed by atoms with Crippen molar-refractivity contribution in [3.05, 3.63) is 22.7 Å². The molecule has 9 heteroatoms. The molecule has 4 heterocycles. The first-order valence-corrected chi connectivity index (χ1v) is 10.4. The van der Waals surface area contributed by atoms with E-state index in [1.807, 2.05) is 0 Å². The van der Waals surface area contributed by atoms with Gasteiger partial charge in [0.2, 0.25) is 11.8 Å². The lowest BCUT2D eigenvalue weighted by molar-refractivity contribution is -0.149. The Hall–Kier alpha value is -2.42. The van der Waals surface area contributed by atoms with Crippen LogP contribution in [0.15, 0.2) is 17.2 Å². The van der Waals surface area contributed by atoms with Crippen molar-refractivity contribution in [2.75, 3.05) is 38.3 Å². The molecule has 0 aliphatic carbocycles. The van der Waals surface area contributed by atoms with Crippen LogP contribution in [0.3, 0.4) is 0 Å². The number of nitrogens with zero attached hydrogens (tertiary/aromatic N) is 3. The van der Waals surface area contributed by atoms with E-state index in [0.717, 1.165) is 32.4 Å². The molecule has 0 radical (unpaired) electrons. The van der Waals surface area contributed by atoms with E-state index in [-0.39, 0.29) is 35.4 Å². The first kappa shape index (κ1) is 19.9. The van der Waals surface area contributed by atoms with Crippen LogP contribution in [0.25, 0.3) is 0 Å². The molecular formula is C20H29N5O4. The second-order valence-electron chi connectivity index (χ2n) is 8.30. The standard InChI is InChI=1S/C20H29N5O4/c1-29-6-5-18(26)21-9-16-14-7-13(15-3-2-4-20(28)25(15)16)10-24(11-14)17-8-19(27)23-12-22-17/h8,12-16H,2-7,9-11H2,1H3,(H,21,26)(H,22,23,27)/t13-,14+,15+,16+/m1/s1. The van der Waals surface area contributed by atoms with Crippen LogP contribution in [0.5, 0.6) is 0 Å². The van der Waals surface area contributed by atoms with Gasteiger partial charge in [-0.2, -0.15) is 0 Å². The molecule has 2 N–H and O–H groups in total. The zero-order chi connectivity index (χ0) is 20.4. The average Bonchev–Trinajstić information content (AvgIpc) is 2.72. The Labute approximate surface area is 169 Å². The molecule has 0 unspecified atom stereocenters. The molecule has 4 atom stereocenters. The van der Waals surface area contributed by atoms with Gasteiger partial charge in [-0.1, -0.05) is 0 Å². The smallest absolute Gasteiger partial charge is 0.252 e. The Morgan fingerprint density at radius 2 is 2.17 bits per heavy atom. The first-order chi connectivity index (χ1) is 14.1. The van der Waals surface area contributed by atoms with Crippen LogP contribution in [-0.2, 0) is 14.3 Å². The molecule has 1 aromatic heterocycles. The van der Waals surface area contributed by atoms with Crippen molar-refractivity contribution < 1.29 is 14.3 Å². The van der Waals surface area contributed by atoms with Crippen LogP contribution < -0.4 is 15.8 Å². The maximum atomic E-state index is 12.8. The summed E-state index contributed by atoms with van der Waals surface area (Å²) in [5.41, 5.74) is -0.165. The minimum absolute atomic E-state index is 0.0275. The minimum Gasteiger partial charge on any atom is -0.384 e. The minimum atomic E-state index is -0.165. The SMILES string of the molecule is COCCC(=O)NC[C@H]1[C@H]2C[C@H](CN(c3cc(=O)[nH]cn3)C2)[C@@H]2CCCC(=O)N21. The Bertz CT molecular complexity index is 812. The molecule has 2 bridgehead atoms. The van der Waals surface area contributed by atoms with Crippen LogP contribution >= 0.6 is 0 Å². The summed E-state index contributed by atoms with van der Waals surface area (Å²) in [5.74, 6) is 1.42. The highest BCUT2D eigenvalue weighted by molar-refractivity contribution is 5.79. The lowest BCUT2D eigenvalue weighted by Crippen LogP contribution is -2.67.